The third-order valence-corrected chi connectivity index (χ3v) is 7.87. The molecule has 0 spiro atoms. The van der Waals surface area contributed by atoms with Crippen LogP contribution in [0, 0.1) is 11.7 Å². The summed E-state index contributed by atoms with van der Waals surface area (Å²) in [5, 5.41) is 0.555. The van der Waals surface area contributed by atoms with Gasteiger partial charge in [0.05, 0.1) is 17.3 Å². The second-order valence-corrected chi connectivity index (χ2v) is 9.73. The lowest BCUT2D eigenvalue weighted by Gasteiger charge is -2.38. The Morgan fingerprint density at radius 3 is 2.45 bits per heavy atom. The van der Waals surface area contributed by atoms with Crippen LogP contribution in [0.1, 0.15) is 28.0 Å². The van der Waals surface area contributed by atoms with E-state index >= 15 is 0 Å². The lowest BCUT2D eigenvalue weighted by molar-refractivity contribution is 0.156. The molecule has 0 bridgehead atoms. The molecule has 5 heteroatoms. The predicted molar refractivity (Wildman–Crippen MR) is 132 cm³/mol. The molecule has 2 aliphatic rings. The second kappa shape index (κ2) is 8.36. The number of nitrogens with zero attached hydrogens (tertiary/aromatic N) is 1. The summed E-state index contributed by atoms with van der Waals surface area (Å²) in [6, 6.07) is 30.9. The molecule has 0 saturated heterocycles. The zero-order valence-electron chi connectivity index (χ0n) is 17.5. The molecule has 0 saturated carbocycles. The molecule has 2 aliphatic heterocycles. The highest BCUT2D eigenvalue weighted by atomic mass is 35.5. The molecule has 4 aromatic rings. The van der Waals surface area contributed by atoms with Gasteiger partial charge in [0, 0.05) is 20.7 Å². The topological polar surface area (TPSA) is 21.6 Å². The highest BCUT2D eigenvalue weighted by molar-refractivity contribution is 7.99. The number of para-hydroxylation sites is 1. The monoisotopic (exact) mass is 471 g/mol. The van der Waals surface area contributed by atoms with Gasteiger partial charge in [-0.25, -0.2) is 4.39 Å². The Kier molecular flexibility index (Phi) is 5.20. The lowest BCUT2D eigenvalue weighted by atomic mass is 9.80. The molecule has 0 amide bonds. The molecule has 2 nitrogen and oxygen atoms in total. The summed E-state index contributed by atoms with van der Waals surface area (Å²) in [6.07, 6.45) is -0.271. The summed E-state index contributed by atoms with van der Waals surface area (Å²) in [5.41, 5.74) is 4.72. The van der Waals surface area contributed by atoms with Crippen molar-refractivity contribution in [3.05, 3.63) is 125 Å². The van der Waals surface area contributed by atoms with Gasteiger partial charge in [0.25, 0.3) is 0 Å². The van der Waals surface area contributed by atoms with Crippen molar-refractivity contribution in [2.24, 2.45) is 10.9 Å². The Morgan fingerprint density at radius 2 is 1.61 bits per heavy atom. The lowest BCUT2D eigenvalue weighted by Crippen LogP contribution is -2.35. The molecule has 0 fully saturated rings. The van der Waals surface area contributed by atoms with Crippen LogP contribution in [-0.4, -0.2) is 5.71 Å². The van der Waals surface area contributed by atoms with Crippen LogP contribution in [0.3, 0.4) is 0 Å². The van der Waals surface area contributed by atoms with Crippen molar-refractivity contribution in [2.45, 2.75) is 16.2 Å². The molecular weight excluding hydrogens is 453 g/mol. The van der Waals surface area contributed by atoms with Gasteiger partial charge in [0.1, 0.15) is 17.7 Å². The van der Waals surface area contributed by atoms with Gasteiger partial charge in [-0.3, -0.25) is 4.99 Å². The van der Waals surface area contributed by atoms with Gasteiger partial charge in [-0.2, -0.15) is 0 Å². The molecule has 0 aromatic heterocycles. The Balaban J connectivity index is 1.64. The number of fused-ring (bicyclic) bond motifs is 4. The predicted octanol–water partition coefficient (Wildman–Crippen LogP) is 8.20. The zero-order valence-corrected chi connectivity index (χ0v) is 19.1. The van der Waals surface area contributed by atoms with E-state index in [4.69, 9.17) is 21.3 Å². The number of ether oxygens (including phenoxy) is 1. The quantitative estimate of drug-likeness (QED) is 0.294. The summed E-state index contributed by atoms with van der Waals surface area (Å²) < 4.78 is 20.9. The molecule has 33 heavy (non-hydrogen) atoms. The third kappa shape index (κ3) is 3.64. The Labute approximate surface area is 201 Å². The molecule has 3 unspecified atom stereocenters. The molecule has 2 heterocycles. The molecule has 0 N–H and O–H groups in total. The van der Waals surface area contributed by atoms with Gasteiger partial charge in [0.15, 0.2) is 0 Å². The zero-order chi connectivity index (χ0) is 22.4. The van der Waals surface area contributed by atoms with Crippen LogP contribution in [0.4, 0.5) is 10.1 Å². The molecule has 0 aliphatic carbocycles. The molecular formula is C28H19ClFNOS. The first kappa shape index (κ1) is 20.5. The van der Waals surface area contributed by atoms with E-state index in [1.54, 1.807) is 23.9 Å². The number of aliphatic imine (C=N–C) groups is 1. The number of hydrogen-bond acceptors (Lipinski definition) is 3. The van der Waals surface area contributed by atoms with Crippen LogP contribution in [0.2, 0.25) is 5.02 Å². The van der Waals surface area contributed by atoms with Gasteiger partial charge in [0.2, 0.25) is 0 Å². The number of rotatable bonds is 2. The van der Waals surface area contributed by atoms with Gasteiger partial charge in [-0.05, 0) is 47.5 Å². The Hall–Kier alpha value is -3.08. The largest absolute Gasteiger partial charge is 0.484 e. The van der Waals surface area contributed by atoms with E-state index in [2.05, 4.69) is 12.1 Å². The summed E-state index contributed by atoms with van der Waals surface area (Å²) in [6.45, 7) is 0. The van der Waals surface area contributed by atoms with Crippen LogP contribution in [0.25, 0.3) is 0 Å². The Bertz CT molecular complexity index is 1370. The fourth-order valence-corrected chi connectivity index (χ4v) is 6.40. The highest BCUT2D eigenvalue weighted by Crippen LogP contribution is 2.56. The van der Waals surface area contributed by atoms with E-state index in [9.17, 15) is 4.39 Å². The minimum atomic E-state index is -0.277. The highest BCUT2D eigenvalue weighted by Gasteiger charge is 2.44. The molecule has 0 radical (unpaired) electrons. The number of hydrogen-bond donors (Lipinski definition) is 0. The fraction of sp³-hybridized carbons (Fsp3) is 0.107. The first-order valence-electron chi connectivity index (χ1n) is 10.8. The van der Waals surface area contributed by atoms with Crippen LogP contribution < -0.4 is 4.74 Å². The normalized spacial score (nSPS) is 21.0. The van der Waals surface area contributed by atoms with Crippen molar-refractivity contribution in [1.82, 2.24) is 0 Å². The first-order chi connectivity index (χ1) is 16.2. The first-order valence-corrected chi connectivity index (χ1v) is 12.0. The second-order valence-electron chi connectivity index (χ2n) is 8.14. The van der Waals surface area contributed by atoms with Crippen LogP contribution >= 0.6 is 23.4 Å². The van der Waals surface area contributed by atoms with E-state index in [0.29, 0.717) is 5.02 Å². The summed E-state index contributed by atoms with van der Waals surface area (Å²) >= 11 is 8.33. The van der Waals surface area contributed by atoms with Crippen LogP contribution in [0.5, 0.6) is 5.75 Å². The van der Waals surface area contributed by atoms with Crippen molar-refractivity contribution in [1.29, 1.82) is 0 Å². The van der Waals surface area contributed by atoms with Crippen LogP contribution in [-0.2, 0) is 0 Å². The summed E-state index contributed by atoms with van der Waals surface area (Å²) in [5.74, 6) is 0.387. The molecule has 4 aromatic carbocycles. The molecule has 6 rings (SSSR count). The molecule has 162 valence electrons. The minimum absolute atomic E-state index is 0.126. The van der Waals surface area contributed by atoms with Gasteiger partial charge in [-0.1, -0.05) is 72.3 Å². The number of thioether (sulfide) groups is 1. The maximum Gasteiger partial charge on any atom is 0.134 e. The maximum atomic E-state index is 14.3. The minimum Gasteiger partial charge on any atom is -0.484 e. The van der Waals surface area contributed by atoms with Crippen molar-refractivity contribution < 1.29 is 9.13 Å². The van der Waals surface area contributed by atoms with Crippen molar-refractivity contribution in [2.75, 3.05) is 0 Å². The average Bonchev–Trinajstić information content (AvgIpc) is 3.01. The van der Waals surface area contributed by atoms with Gasteiger partial charge < -0.3 is 4.74 Å². The van der Waals surface area contributed by atoms with Crippen molar-refractivity contribution in [3.8, 4) is 5.75 Å². The molecule has 3 atom stereocenters. The van der Waals surface area contributed by atoms with Gasteiger partial charge >= 0.3 is 0 Å². The SMILES string of the molecule is Fc1ccc2c(c1)SC(c1ccccc1Cl)C1C(=N2)c2ccccc2OC1c1ccccc1. The maximum absolute atomic E-state index is 14.3. The number of benzene rings is 4. The van der Waals surface area contributed by atoms with Crippen molar-refractivity contribution in [3.63, 3.8) is 0 Å². The van der Waals surface area contributed by atoms with E-state index in [1.807, 2.05) is 66.7 Å². The van der Waals surface area contributed by atoms with E-state index in [1.165, 1.54) is 6.07 Å². The van der Waals surface area contributed by atoms with E-state index in [-0.39, 0.29) is 23.1 Å². The van der Waals surface area contributed by atoms with Crippen molar-refractivity contribution >= 4 is 34.8 Å². The third-order valence-electron chi connectivity index (χ3n) is 6.14. The summed E-state index contributed by atoms with van der Waals surface area (Å²) in [4.78, 5) is 5.93. The van der Waals surface area contributed by atoms with E-state index < -0.39 is 0 Å². The fourth-order valence-electron chi connectivity index (χ4n) is 4.65. The van der Waals surface area contributed by atoms with Crippen LogP contribution in [0.15, 0.2) is 107 Å². The Morgan fingerprint density at radius 1 is 0.848 bits per heavy atom. The van der Waals surface area contributed by atoms with E-state index in [0.717, 1.165) is 38.7 Å². The smallest absolute Gasteiger partial charge is 0.134 e. The number of halogens is 2. The summed E-state index contributed by atoms with van der Waals surface area (Å²) in [7, 11) is 0. The van der Waals surface area contributed by atoms with Gasteiger partial charge in [-0.15, -0.1) is 11.8 Å². The average molecular weight is 472 g/mol. The standard InChI is InChI=1S/C28H19ClFNOS/c29-21-12-6-4-10-19(21)28-25-26(31-22-15-14-18(30)16-24(22)33-28)20-11-5-7-13-23(20)32-27(25)17-8-2-1-3-9-17/h1-16,25,27-28H.